The number of benzene rings is 3. The summed E-state index contributed by atoms with van der Waals surface area (Å²) < 4.78 is 13.2. The fourth-order valence-electron chi connectivity index (χ4n) is 7.52. The third-order valence-corrected chi connectivity index (χ3v) is 9.90. The molecule has 0 fully saturated rings. The Hall–Kier alpha value is -2.75. The van der Waals surface area contributed by atoms with Gasteiger partial charge in [-0.1, -0.05) is 112 Å². The van der Waals surface area contributed by atoms with Crippen LogP contribution in [0.1, 0.15) is 143 Å². The molecule has 3 rings (SSSR count). The van der Waals surface area contributed by atoms with Crippen LogP contribution < -0.4 is 9.47 Å². The molecule has 3 atom stereocenters. The van der Waals surface area contributed by atoms with Gasteiger partial charge < -0.3 is 9.47 Å². The van der Waals surface area contributed by atoms with Crippen LogP contribution in [0.5, 0.6) is 17.2 Å². The first-order chi connectivity index (χ1) is 22.3. The topological polar surface area (TPSA) is 66.0 Å². The molecular formula is C42H55Cl2N2O2P. The van der Waals surface area contributed by atoms with Crippen molar-refractivity contribution in [1.82, 2.24) is 0 Å². The average Bonchev–Trinajstić information content (AvgIpc) is 2.94. The number of alkyl halides is 1. The number of halogens is 2. The molecule has 0 bridgehead atoms. The zero-order chi connectivity index (χ0) is 37.4. The van der Waals surface area contributed by atoms with Gasteiger partial charge in [-0.25, -0.2) is 0 Å². The molecule has 0 heterocycles. The SMILES string of the molecule is CCC(C)(Oc1cc(C(C)(C)CC(C)(C)C)c(Oc2cccc([C@@](C)(P)Cl)c2C#N)cc1C(C)(C)CC(C)(C)C)c1cccc(Cl)c1C#N. The van der Waals surface area contributed by atoms with E-state index in [-0.39, 0.29) is 21.7 Å². The molecule has 4 nitrogen and oxygen atoms in total. The van der Waals surface area contributed by atoms with Crippen molar-refractivity contribution in [2.75, 3.05) is 0 Å². The molecule has 3 aromatic rings. The van der Waals surface area contributed by atoms with E-state index < -0.39 is 10.2 Å². The van der Waals surface area contributed by atoms with Crippen molar-refractivity contribution in [3.8, 4) is 29.4 Å². The summed E-state index contributed by atoms with van der Waals surface area (Å²) in [5, 5.41) is 20.9. The second-order valence-electron chi connectivity index (χ2n) is 17.5. The second-order valence-corrected chi connectivity index (χ2v) is 20.2. The summed E-state index contributed by atoms with van der Waals surface area (Å²) in [6.45, 7) is 28.3. The highest BCUT2D eigenvalue weighted by Gasteiger charge is 2.39. The lowest BCUT2D eigenvalue weighted by Crippen LogP contribution is -2.33. The van der Waals surface area contributed by atoms with E-state index in [0.29, 0.717) is 39.6 Å². The number of nitriles is 2. The van der Waals surface area contributed by atoms with Crippen LogP contribution in [0.2, 0.25) is 5.02 Å². The second kappa shape index (κ2) is 14.5. The van der Waals surface area contributed by atoms with Crippen molar-refractivity contribution in [3.63, 3.8) is 0 Å². The van der Waals surface area contributed by atoms with Gasteiger partial charge in [0.15, 0.2) is 0 Å². The van der Waals surface area contributed by atoms with Gasteiger partial charge in [0.05, 0.1) is 20.8 Å². The first kappa shape index (κ1) is 40.7. The van der Waals surface area contributed by atoms with Gasteiger partial charge in [0, 0.05) is 16.7 Å². The zero-order valence-electron chi connectivity index (χ0n) is 31.8. The largest absolute Gasteiger partial charge is 0.483 e. The van der Waals surface area contributed by atoms with E-state index in [4.69, 9.17) is 32.7 Å². The van der Waals surface area contributed by atoms with Crippen molar-refractivity contribution in [1.29, 1.82) is 10.5 Å². The lowest BCUT2D eigenvalue weighted by atomic mass is 9.69. The van der Waals surface area contributed by atoms with Gasteiger partial charge in [-0.05, 0) is 84.6 Å². The lowest BCUT2D eigenvalue weighted by molar-refractivity contribution is 0.0784. The molecule has 264 valence electrons. The fourth-order valence-corrected chi connectivity index (χ4v) is 8.14. The number of ether oxygens (including phenoxy) is 2. The van der Waals surface area contributed by atoms with E-state index in [1.54, 1.807) is 6.07 Å². The van der Waals surface area contributed by atoms with Crippen LogP contribution in [0.25, 0.3) is 0 Å². The molecule has 0 radical (unpaired) electrons. The van der Waals surface area contributed by atoms with Gasteiger partial charge in [0.1, 0.15) is 35.0 Å². The average molecular weight is 722 g/mol. The monoisotopic (exact) mass is 720 g/mol. The van der Waals surface area contributed by atoms with Crippen LogP contribution >= 0.6 is 32.4 Å². The number of nitrogens with zero attached hydrogens (tertiary/aromatic N) is 2. The van der Waals surface area contributed by atoms with E-state index >= 15 is 0 Å². The summed E-state index contributed by atoms with van der Waals surface area (Å²) in [6, 6.07) is 20.1. The molecule has 3 aromatic carbocycles. The molecule has 0 amide bonds. The standard InChI is InChI=1S/C42H55Cl2N2O2P/c1-14-41(12,29-17-15-19-33(43)27(29)23-45)48-36-22-31(39(8,9)25-37(2,3)4)35(21-32(36)40(10,11)26-38(5,6)7)47-34-20-16-18-30(28(34)24-46)42(13,44)49/h15-22H,14,25-26,49H2,1-13H3/t41?,42-/m1/s1. The van der Waals surface area contributed by atoms with E-state index in [1.807, 2.05) is 44.2 Å². The van der Waals surface area contributed by atoms with Crippen LogP contribution in [0.3, 0.4) is 0 Å². The molecule has 0 aliphatic heterocycles. The molecule has 0 aliphatic carbocycles. The Balaban J connectivity index is 2.47. The first-order valence-electron chi connectivity index (χ1n) is 17.0. The molecule has 0 N–H and O–H groups in total. The Morgan fingerprint density at radius 1 is 0.653 bits per heavy atom. The Morgan fingerprint density at radius 2 is 1.12 bits per heavy atom. The smallest absolute Gasteiger partial charge is 0.145 e. The zero-order valence-corrected chi connectivity index (χ0v) is 34.5. The van der Waals surface area contributed by atoms with Crippen LogP contribution in [0.15, 0.2) is 48.5 Å². The molecule has 0 spiro atoms. The Labute approximate surface area is 308 Å². The minimum Gasteiger partial charge on any atom is -0.483 e. The van der Waals surface area contributed by atoms with Crippen molar-refractivity contribution in [3.05, 3.63) is 86.9 Å². The summed E-state index contributed by atoms with van der Waals surface area (Å²) in [7, 11) is 2.62. The van der Waals surface area contributed by atoms with Crippen LogP contribution in [0, 0.1) is 33.5 Å². The molecule has 0 saturated heterocycles. The van der Waals surface area contributed by atoms with Crippen molar-refractivity contribution < 1.29 is 9.47 Å². The molecular weight excluding hydrogens is 666 g/mol. The summed E-state index contributed by atoms with van der Waals surface area (Å²) in [4.78, 5) is 0. The van der Waals surface area contributed by atoms with E-state index in [9.17, 15) is 10.5 Å². The fraction of sp³-hybridized carbons (Fsp3) is 0.524. The van der Waals surface area contributed by atoms with E-state index in [1.165, 1.54) is 0 Å². The maximum atomic E-state index is 10.4. The summed E-state index contributed by atoms with van der Waals surface area (Å²) in [5.74, 6) is 1.86. The predicted octanol–water partition coefficient (Wildman–Crippen LogP) is 13.3. The summed E-state index contributed by atoms with van der Waals surface area (Å²) >= 11 is 13.3. The Morgan fingerprint density at radius 3 is 1.59 bits per heavy atom. The van der Waals surface area contributed by atoms with Crippen molar-refractivity contribution in [2.45, 2.75) is 130 Å². The molecule has 49 heavy (non-hydrogen) atoms. The van der Waals surface area contributed by atoms with Crippen molar-refractivity contribution >= 4 is 32.4 Å². The Kier molecular flexibility index (Phi) is 12.0. The predicted molar refractivity (Wildman–Crippen MR) is 209 cm³/mol. The molecule has 2 unspecified atom stereocenters. The minimum atomic E-state index is -0.859. The van der Waals surface area contributed by atoms with E-state index in [2.05, 4.69) is 110 Å². The number of rotatable bonds is 11. The maximum Gasteiger partial charge on any atom is 0.145 e. The third kappa shape index (κ3) is 9.73. The number of hydrogen-bond donors (Lipinski definition) is 0. The quantitative estimate of drug-likeness (QED) is 0.146. The van der Waals surface area contributed by atoms with Gasteiger partial charge in [-0.3, -0.25) is 0 Å². The summed E-state index contributed by atoms with van der Waals surface area (Å²) in [6.07, 6.45) is 2.32. The third-order valence-electron chi connectivity index (χ3n) is 9.07. The van der Waals surface area contributed by atoms with Crippen LogP contribution in [0.4, 0.5) is 0 Å². The normalized spacial score (nSPS) is 15.1. The Bertz CT molecular complexity index is 1760. The van der Waals surface area contributed by atoms with Crippen LogP contribution in [-0.2, 0) is 21.0 Å². The van der Waals surface area contributed by atoms with E-state index in [0.717, 1.165) is 35.3 Å². The lowest BCUT2D eigenvalue weighted by Gasteiger charge is -2.40. The summed E-state index contributed by atoms with van der Waals surface area (Å²) in [5.41, 5.74) is 2.63. The minimum absolute atomic E-state index is 0.00396. The highest BCUT2D eigenvalue weighted by Crippen LogP contribution is 2.51. The highest BCUT2D eigenvalue weighted by molar-refractivity contribution is 7.22. The van der Waals surface area contributed by atoms with Gasteiger partial charge in [0.25, 0.3) is 0 Å². The van der Waals surface area contributed by atoms with Gasteiger partial charge in [-0.2, -0.15) is 10.5 Å². The molecule has 0 saturated carbocycles. The maximum absolute atomic E-state index is 10.4. The van der Waals surface area contributed by atoms with Gasteiger partial charge in [0.2, 0.25) is 0 Å². The highest BCUT2D eigenvalue weighted by atomic mass is 35.5. The van der Waals surface area contributed by atoms with Crippen LogP contribution in [-0.4, -0.2) is 0 Å². The van der Waals surface area contributed by atoms with Gasteiger partial charge in [-0.15, -0.1) is 20.8 Å². The van der Waals surface area contributed by atoms with Crippen molar-refractivity contribution in [2.24, 2.45) is 10.8 Å². The molecule has 0 aromatic heterocycles. The number of hydrogen-bond acceptors (Lipinski definition) is 4. The van der Waals surface area contributed by atoms with Gasteiger partial charge >= 0.3 is 0 Å². The molecule has 7 heteroatoms. The first-order valence-corrected chi connectivity index (χ1v) is 18.4. The molecule has 0 aliphatic rings.